The average molecular weight is 251 g/mol. The molecule has 1 amide bonds. The molecule has 1 aliphatic heterocycles. The van der Waals surface area contributed by atoms with Gasteiger partial charge in [-0.1, -0.05) is 61.5 Å². The number of hydrogen-bond acceptors (Lipinski definition) is 1. The van der Waals surface area contributed by atoms with Crippen LogP contribution in [0.2, 0.25) is 0 Å². The van der Waals surface area contributed by atoms with E-state index >= 15 is 0 Å². The maximum atomic E-state index is 11.4. The third kappa shape index (κ3) is 2.03. The second kappa shape index (κ2) is 4.88. The van der Waals surface area contributed by atoms with E-state index in [2.05, 4.69) is 43.3 Å². The van der Waals surface area contributed by atoms with Crippen LogP contribution in [0.1, 0.15) is 35.6 Å². The standard InChI is InChI=1S/C17H17NO/c1-13-11-18(12-19)17(14-7-3-2-4-8-14)16-10-6-5-9-15(13)16/h2-10,12-13,17H,11H2,1H3/t13-,17+/m0/s1. The van der Waals surface area contributed by atoms with Crippen LogP contribution in [0.15, 0.2) is 54.6 Å². The quantitative estimate of drug-likeness (QED) is 0.749. The first-order valence-electron chi connectivity index (χ1n) is 6.66. The molecule has 2 heteroatoms. The summed E-state index contributed by atoms with van der Waals surface area (Å²) in [5.41, 5.74) is 3.78. The molecule has 2 aromatic rings. The third-order valence-corrected chi connectivity index (χ3v) is 3.89. The zero-order chi connectivity index (χ0) is 13.2. The minimum absolute atomic E-state index is 0.0473. The van der Waals surface area contributed by atoms with Crippen LogP contribution in [0, 0.1) is 0 Å². The monoisotopic (exact) mass is 251 g/mol. The Morgan fingerprint density at radius 3 is 2.32 bits per heavy atom. The van der Waals surface area contributed by atoms with Crippen molar-refractivity contribution in [3.05, 3.63) is 71.3 Å². The van der Waals surface area contributed by atoms with Crippen molar-refractivity contribution >= 4 is 6.41 Å². The molecule has 0 fully saturated rings. The van der Waals surface area contributed by atoms with E-state index in [0.717, 1.165) is 13.0 Å². The molecule has 19 heavy (non-hydrogen) atoms. The fraction of sp³-hybridized carbons (Fsp3) is 0.235. The van der Waals surface area contributed by atoms with Gasteiger partial charge in [-0.25, -0.2) is 0 Å². The highest BCUT2D eigenvalue weighted by Gasteiger charge is 2.30. The van der Waals surface area contributed by atoms with Crippen molar-refractivity contribution < 1.29 is 4.79 Å². The Hall–Kier alpha value is -2.09. The number of carbonyl (C=O) groups is 1. The first kappa shape index (κ1) is 12.0. The average Bonchev–Trinajstić information content (AvgIpc) is 2.48. The van der Waals surface area contributed by atoms with Gasteiger partial charge in [0, 0.05) is 6.54 Å². The molecule has 0 radical (unpaired) electrons. The molecule has 0 aliphatic carbocycles. The molecule has 1 heterocycles. The first-order chi connectivity index (χ1) is 9.31. The summed E-state index contributed by atoms with van der Waals surface area (Å²) in [4.78, 5) is 13.3. The number of nitrogens with zero attached hydrogens (tertiary/aromatic N) is 1. The van der Waals surface area contributed by atoms with E-state index in [-0.39, 0.29) is 6.04 Å². The molecule has 3 rings (SSSR count). The third-order valence-electron chi connectivity index (χ3n) is 3.89. The molecule has 1 aliphatic rings. The molecular formula is C17H17NO. The van der Waals surface area contributed by atoms with Crippen molar-refractivity contribution in [1.82, 2.24) is 4.90 Å². The second-order valence-corrected chi connectivity index (χ2v) is 5.15. The Balaban J connectivity index is 2.15. The van der Waals surface area contributed by atoms with Crippen LogP contribution in [0.25, 0.3) is 0 Å². The van der Waals surface area contributed by atoms with E-state index in [4.69, 9.17) is 0 Å². The summed E-state index contributed by atoms with van der Waals surface area (Å²) < 4.78 is 0. The SMILES string of the molecule is C[C@H]1CN(C=O)[C@H](c2ccccc2)c2ccccc21. The fourth-order valence-electron chi connectivity index (χ4n) is 3.02. The number of fused-ring (bicyclic) bond motifs is 1. The van der Waals surface area contributed by atoms with Gasteiger partial charge in [0.15, 0.2) is 0 Å². The maximum absolute atomic E-state index is 11.4. The fourth-order valence-corrected chi connectivity index (χ4v) is 3.02. The van der Waals surface area contributed by atoms with E-state index < -0.39 is 0 Å². The van der Waals surface area contributed by atoms with Gasteiger partial charge in [0.2, 0.25) is 6.41 Å². The molecule has 2 atom stereocenters. The van der Waals surface area contributed by atoms with Crippen molar-refractivity contribution in [1.29, 1.82) is 0 Å². The van der Waals surface area contributed by atoms with E-state index in [1.807, 2.05) is 23.1 Å². The van der Waals surface area contributed by atoms with Crippen LogP contribution in [-0.2, 0) is 4.79 Å². The van der Waals surface area contributed by atoms with Gasteiger partial charge in [-0.15, -0.1) is 0 Å². The highest BCUT2D eigenvalue weighted by atomic mass is 16.1. The lowest BCUT2D eigenvalue weighted by Gasteiger charge is -2.38. The second-order valence-electron chi connectivity index (χ2n) is 5.15. The Bertz CT molecular complexity index is 579. The van der Waals surface area contributed by atoms with E-state index in [1.165, 1.54) is 16.7 Å². The van der Waals surface area contributed by atoms with Gasteiger partial charge in [0.25, 0.3) is 0 Å². The van der Waals surface area contributed by atoms with Crippen LogP contribution in [0.4, 0.5) is 0 Å². The molecule has 2 aromatic carbocycles. The van der Waals surface area contributed by atoms with Crippen molar-refractivity contribution in [2.75, 3.05) is 6.54 Å². The minimum atomic E-state index is 0.0473. The summed E-state index contributed by atoms with van der Waals surface area (Å²) in [6.07, 6.45) is 0.976. The van der Waals surface area contributed by atoms with Crippen molar-refractivity contribution in [2.24, 2.45) is 0 Å². The highest BCUT2D eigenvalue weighted by Crippen LogP contribution is 2.38. The topological polar surface area (TPSA) is 20.3 Å². The van der Waals surface area contributed by atoms with Gasteiger partial charge < -0.3 is 4.90 Å². The summed E-state index contributed by atoms with van der Waals surface area (Å²) in [5.74, 6) is 0.390. The van der Waals surface area contributed by atoms with Crippen molar-refractivity contribution in [2.45, 2.75) is 18.9 Å². The number of carbonyl (C=O) groups excluding carboxylic acids is 1. The smallest absolute Gasteiger partial charge is 0.210 e. The lowest BCUT2D eigenvalue weighted by Crippen LogP contribution is -2.36. The zero-order valence-corrected chi connectivity index (χ0v) is 11.0. The largest absolute Gasteiger partial charge is 0.334 e. The Morgan fingerprint density at radius 1 is 1.00 bits per heavy atom. The molecule has 2 nitrogen and oxygen atoms in total. The number of hydrogen-bond donors (Lipinski definition) is 0. The lowest BCUT2D eigenvalue weighted by atomic mass is 9.84. The molecule has 0 unspecified atom stereocenters. The Labute approximate surface area is 113 Å². The summed E-state index contributed by atoms with van der Waals surface area (Å²) >= 11 is 0. The van der Waals surface area contributed by atoms with E-state index in [0.29, 0.717) is 5.92 Å². The number of benzene rings is 2. The van der Waals surface area contributed by atoms with Gasteiger partial charge >= 0.3 is 0 Å². The van der Waals surface area contributed by atoms with E-state index in [1.54, 1.807) is 0 Å². The van der Waals surface area contributed by atoms with Crippen LogP contribution >= 0.6 is 0 Å². The molecule has 0 saturated carbocycles. The first-order valence-corrected chi connectivity index (χ1v) is 6.66. The van der Waals surface area contributed by atoms with Crippen LogP contribution in [0.3, 0.4) is 0 Å². The predicted octanol–water partition coefficient (Wildman–Crippen LogP) is 3.35. The Kier molecular flexibility index (Phi) is 3.08. The summed E-state index contributed by atoms with van der Waals surface area (Å²) in [6.45, 7) is 2.95. The highest BCUT2D eigenvalue weighted by molar-refractivity contribution is 5.54. The lowest BCUT2D eigenvalue weighted by molar-refractivity contribution is -0.120. The van der Waals surface area contributed by atoms with Gasteiger partial charge in [-0.2, -0.15) is 0 Å². The van der Waals surface area contributed by atoms with Crippen LogP contribution < -0.4 is 0 Å². The van der Waals surface area contributed by atoms with Gasteiger partial charge in [0.1, 0.15) is 0 Å². The molecule has 0 saturated heterocycles. The predicted molar refractivity (Wildman–Crippen MR) is 75.9 cm³/mol. The zero-order valence-electron chi connectivity index (χ0n) is 11.0. The molecule has 0 aromatic heterocycles. The minimum Gasteiger partial charge on any atom is -0.334 e. The van der Waals surface area contributed by atoms with E-state index in [9.17, 15) is 4.79 Å². The molecule has 96 valence electrons. The van der Waals surface area contributed by atoms with Gasteiger partial charge in [0.05, 0.1) is 6.04 Å². The molecule has 0 bridgehead atoms. The molecule has 0 N–H and O–H groups in total. The van der Waals surface area contributed by atoms with Crippen molar-refractivity contribution in [3.8, 4) is 0 Å². The summed E-state index contributed by atoms with van der Waals surface area (Å²) in [5, 5.41) is 0. The number of rotatable bonds is 2. The van der Waals surface area contributed by atoms with Gasteiger partial charge in [-0.3, -0.25) is 4.79 Å². The van der Waals surface area contributed by atoms with Crippen LogP contribution in [0.5, 0.6) is 0 Å². The van der Waals surface area contributed by atoms with Crippen molar-refractivity contribution in [3.63, 3.8) is 0 Å². The number of amides is 1. The maximum Gasteiger partial charge on any atom is 0.210 e. The normalized spacial score (nSPS) is 21.8. The molecule has 0 spiro atoms. The van der Waals surface area contributed by atoms with Gasteiger partial charge in [-0.05, 0) is 22.6 Å². The summed E-state index contributed by atoms with van der Waals surface area (Å²) in [7, 11) is 0. The summed E-state index contributed by atoms with van der Waals surface area (Å²) in [6, 6.07) is 18.7. The van der Waals surface area contributed by atoms with Crippen LogP contribution in [-0.4, -0.2) is 17.9 Å². The Morgan fingerprint density at radius 2 is 1.63 bits per heavy atom. The molecular weight excluding hydrogens is 234 g/mol.